The monoisotopic (exact) mass is 427 g/mol. The van der Waals surface area contributed by atoms with Crippen LogP contribution in [-0.4, -0.2) is 15.7 Å². The first-order chi connectivity index (χ1) is 14.0. The summed E-state index contributed by atoms with van der Waals surface area (Å²) < 4.78 is 80.1. The van der Waals surface area contributed by atoms with Crippen molar-refractivity contribution in [2.75, 3.05) is 0 Å². The molecule has 158 valence electrons. The van der Waals surface area contributed by atoms with E-state index in [2.05, 4.69) is 10.4 Å². The fourth-order valence-corrected chi connectivity index (χ4v) is 2.90. The Hall–Kier alpha value is -3.30. The van der Waals surface area contributed by atoms with Gasteiger partial charge in [-0.05, 0) is 30.7 Å². The molecule has 0 saturated heterocycles. The van der Waals surface area contributed by atoms with Gasteiger partial charge in [0.05, 0.1) is 23.0 Å². The highest BCUT2D eigenvalue weighted by Gasteiger charge is 2.41. The SMILES string of the molecule is Cc1cccc(CNC(=O)c2cnn(-c3cccc(C(F)(F)F)c3)c2C(F)(F)F)c1. The second kappa shape index (κ2) is 7.85. The molecule has 0 aliphatic heterocycles. The summed E-state index contributed by atoms with van der Waals surface area (Å²) in [6.07, 6.45) is -9.08. The summed E-state index contributed by atoms with van der Waals surface area (Å²) in [6, 6.07) is 10.3. The maximum atomic E-state index is 13.7. The van der Waals surface area contributed by atoms with Gasteiger partial charge in [-0.15, -0.1) is 0 Å². The zero-order valence-electron chi connectivity index (χ0n) is 15.5. The maximum Gasteiger partial charge on any atom is 0.434 e. The summed E-state index contributed by atoms with van der Waals surface area (Å²) in [5.41, 5.74) is -2.24. The van der Waals surface area contributed by atoms with E-state index in [1.165, 1.54) is 0 Å². The summed E-state index contributed by atoms with van der Waals surface area (Å²) >= 11 is 0. The van der Waals surface area contributed by atoms with Gasteiger partial charge in [0.15, 0.2) is 5.69 Å². The van der Waals surface area contributed by atoms with E-state index in [0.717, 1.165) is 23.8 Å². The van der Waals surface area contributed by atoms with Crippen LogP contribution < -0.4 is 5.32 Å². The van der Waals surface area contributed by atoms with Gasteiger partial charge >= 0.3 is 12.4 Å². The molecule has 3 rings (SSSR count). The number of hydrogen-bond donors (Lipinski definition) is 1. The number of amides is 1. The predicted octanol–water partition coefficient (Wildman–Crippen LogP) is 5.15. The molecule has 4 nitrogen and oxygen atoms in total. The molecule has 0 unspecified atom stereocenters. The molecule has 2 aromatic carbocycles. The number of hydrogen-bond acceptors (Lipinski definition) is 2. The average molecular weight is 427 g/mol. The molecule has 0 aliphatic carbocycles. The molecule has 0 atom stereocenters. The minimum absolute atomic E-state index is 0.0213. The highest BCUT2D eigenvalue weighted by atomic mass is 19.4. The van der Waals surface area contributed by atoms with Gasteiger partial charge in [0.1, 0.15) is 0 Å². The van der Waals surface area contributed by atoms with Gasteiger partial charge in [0.2, 0.25) is 0 Å². The van der Waals surface area contributed by atoms with Gasteiger partial charge in [0.25, 0.3) is 5.91 Å². The third-order valence-electron chi connectivity index (χ3n) is 4.24. The van der Waals surface area contributed by atoms with Gasteiger partial charge in [-0.3, -0.25) is 4.79 Å². The largest absolute Gasteiger partial charge is 0.434 e. The standard InChI is InChI=1S/C20H15F6N3O/c1-12-4-2-5-13(8-12)10-27-18(30)16-11-28-29(17(16)20(24,25)26)15-7-3-6-14(9-15)19(21,22)23/h2-9,11H,10H2,1H3,(H,27,30). The van der Waals surface area contributed by atoms with Crippen molar-refractivity contribution in [3.8, 4) is 5.69 Å². The lowest BCUT2D eigenvalue weighted by Crippen LogP contribution is -2.26. The van der Waals surface area contributed by atoms with E-state index >= 15 is 0 Å². The van der Waals surface area contributed by atoms with Crippen LogP contribution in [0, 0.1) is 6.92 Å². The molecule has 3 aromatic rings. The average Bonchev–Trinajstić information content (AvgIpc) is 3.11. The Labute approximate surface area is 167 Å². The molecule has 0 radical (unpaired) electrons. The van der Waals surface area contributed by atoms with E-state index in [4.69, 9.17) is 0 Å². The quantitative estimate of drug-likeness (QED) is 0.586. The Morgan fingerprint density at radius 1 is 1.00 bits per heavy atom. The maximum absolute atomic E-state index is 13.7. The van der Waals surface area contributed by atoms with Gasteiger partial charge in [0, 0.05) is 6.54 Å². The molecule has 0 aliphatic rings. The number of halogens is 6. The van der Waals surface area contributed by atoms with Crippen LogP contribution in [0.15, 0.2) is 54.7 Å². The summed E-state index contributed by atoms with van der Waals surface area (Å²) in [5.74, 6) is -1.04. The fraction of sp³-hybridized carbons (Fsp3) is 0.200. The molecule has 0 saturated carbocycles. The van der Waals surface area contributed by atoms with Crippen molar-refractivity contribution in [3.05, 3.63) is 82.7 Å². The van der Waals surface area contributed by atoms with Crippen molar-refractivity contribution in [1.29, 1.82) is 0 Å². The Morgan fingerprint density at radius 2 is 1.70 bits per heavy atom. The van der Waals surface area contributed by atoms with Crippen molar-refractivity contribution in [3.63, 3.8) is 0 Å². The van der Waals surface area contributed by atoms with Crippen LogP contribution in [0.2, 0.25) is 0 Å². The van der Waals surface area contributed by atoms with Crippen LogP contribution in [-0.2, 0) is 18.9 Å². The van der Waals surface area contributed by atoms with Crippen LogP contribution in [0.25, 0.3) is 5.69 Å². The van der Waals surface area contributed by atoms with E-state index in [9.17, 15) is 31.1 Å². The van der Waals surface area contributed by atoms with E-state index in [0.29, 0.717) is 17.8 Å². The second-order valence-electron chi connectivity index (χ2n) is 6.54. The predicted molar refractivity (Wildman–Crippen MR) is 95.9 cm³/mol. The number of nitrogens with one attached hydrogen (secondary N) is 1. The van der Waals surface area contributed by atoms with Crippen LogP contribution in [0.4, 0.5) is 26.3 Å². The Balaban J connectivity index is 1.96. The molecule has 0 bridgehead atoms. The topological polar surface area (TPSA) is 46.9 Å². The molecule has 0 spiro atoms. The zero-order valence-corrected chi connectivity index (χ0v) is 15.5. The van der Waals surface area contributed by atoms with Gasteiger partial charge in [-0.1, -0.05) is 35.9 Å². The third-order valence-corrected chi connectivity index (χ3v) is 4.24. The molecule has 1 amide bonds. The molecule has 30 heavy (non-hydrogen) atoms. The van der Waals surface area contributed by atoms with Crippen LogP contribution in [0.5, 0.6) is 0 Å². The van der Waals surface area contributed by atoms with Crippen molar-refractivity contribution in [2.45, 2.75) is 25.8 Å². The van der Waals surface area contributed by atoms with Crippen molar-refractivity contribution < 1.29 is 31.1 Å². The molecular weight excluding hydrogens is 412 g/mol. The van der Waals surface area contributed by atoms with Crippen LogP contribution >= 0.6 is 0 Å². The summed E-state index contributed by atoms with van der Waals surface area (Å²) in [7, 11) is 0. The highest BCUT2D eigenvalue weighted by molar-refractivity contribution is 5.95. The molecule has 1 N–H and O–H groups in total. The molecule has 1 aromatic heterocycles. The molecular formula is C20H15F6N3O. The van der Waals surface area contributed by atoms with E-state index in [1.807, 2.05) is 13.0 Å². The Kier molecular flexibility index (Phi) is 5.60. The Bertz CT molecular complexity index is 1070. The lowest BCUT2D eigenvalue weighted by molar-refractivity contribution is -0.143. The van der Waals surface area contributed by atoms with Gasteiger partial charge < -0.3 is 5.32 Å². The molecule has 1 heterocycles. The minimum Gasteiger partial charge on any atom is -0.348 e. The minimum atomic E-state index is -5.03. The zero-order chi connectivity index (χ0) is 22.1. The number of aromatic nitrogens is 2. The van der Waals surface area contributed by atoms with E-state index < -0.39 is 40.8 Å². The third kappa shape index (κ3) is 4.64. The van der Waals surface area contributed by atoms with Crippen molar-refractivity contribution >= 4 is 5.91 Å². The summed E-state index contributed by atoms with van der Waals surface area (Å²) in [4.78, 5) is 12.4. The number of carbonyl (C=O) groups is 1. The number of rotatable bonds is 4. The van der Waals surface area contributed by atoms with E-state index in [1.54, 1.807) is 18.2 Å². The van der Waals surface area contributed by atoms with Crippen LogP contribution in [0.1, 0.15) is 32.7 Å². The van der Waals surface area contributed by atoms with E-state index in [-0.39, 0.29) is 11.2 Å². The number of benzene rings is 2. The van der Waals surface area contributed by atoms with Gasteiger partial charge in [-0.2, -0.15) is 31.4 Å². The number of aryl methyl sites for hydroxylation is 1. The lowest BCUT2D eigenvalue weighted by atomic mass is 10.1. The fourth-order valence-electron chi connectivity index (χ4n) is 2.90. The lowest BCUT2D eigenvalue weighted by Gasteiger charge is -2.14. The summed E-state index contributed by atoms with van der Waals surface area (Å²) in [6.45, 7) is 1.80. The Morgan fingerprint density at radius 3 is 2.33 bits per heavy atom. The first kappa shape index (κ1) is 21.4. The van der Waals surface area contributed by atoms with Crippen molar-refractivity contribution in [2.24, 2.45) is 0 Å². The van der Waals surface area contributed by atoms with Crippen LogP contribution in [0.3, 0.4) is 0 Å². The molecule has 0 fully saturated rings. The number of alkyl halides is 6. The first-order valence-corrected chi connectivity index (χ1v) is 8.63. The van der Waals surface area contributed by atoms with Gasteiger partial charge in [-0.25, -0.2) is 4.68 Å². The first-order valence-electron chi connectivity index (χ1n) is 8.63. The highest BCUT2D eigenvalue weighted by Crippen LogP contribution is 2.35. The smallest absolute Gasteiger partial charge is 0.348 e. The number of carbonyl (C=O) groups excluding carboxylic acids is 1. The van der Waals surface area contributed by atoms with Crippen molar-refractivity contribution in [1.82, 2.24) is 15.1 Å². The number of nitrogens with zero attached hydrogens (tertiary/aromatic N) is 2. The normalized spacial score (nSPS) is 12.1. The second-order valence-corrected chi connectivity index (χ2v) is 6.54. The molecule has 10 heteroatoms. The summed E-state index contributed by atoms with van der Waals surface area (Å²) in [5, 5.41) is 5.92.